The van der Waals surface area contributed by atoms with Crippen LogP contribution in [-0.2, 0) is 6.42 Å². The van der Waals surface area contributed by atoms with Crippen molar-refractivity contribution in [3.63, 3.8) is 0 Å². The molecule has 1 saturated heterocycles. The van der Waals surface area contributed by atoms with Crippen LogP contribution in [0, 0.1) is 0 Å². The number of pyridine rings is 1. The van der Waals surface area contributed by atoms with E-state index >= 15 is 0 Å². The Labute approximate surface area is 177 Å². The third-order valence-electron chi connectivity index (χ3n) is 5.27. The first kappa shape index (κ1) is 20.9. The van der Waals surface area contributed by atoms with E-state index in [1.54, 1.807) is 18.3 Å². The maximum Gasteiger partial charge on any atom is 0.347 e. The predicted octanol–water partition coefficient (Wildman–Crippen LogP) is 1.68. The molecule has 0 spiro atoms. The number of hydrogen-bond acceptors (Lipinski definition) is 6. The minimum Gasteiger partial charge on any atom is -0.369 e. The van der Waals surface area contributed by atoms with Gasteiger partial charge in [0.25, 0.3) is 6.08 Å². The summed E-state index contributed by atoms with van der Waals surface area (Å²) in [6.07, 6.45) is -0.508. The van der Waals surface area contributed by atoms with E-state index in [4.69, 9.17) is 5.73 Å². The highest BCUT2D eigenvalue weighted by Crippen LogP contribution is 2.24. The van der Waals surface area contributed by atoms with E-state index in [2.05, 4.69) is 25.4 Å². The third-order valence-corrected chi connectivity index (χ3v) is 5.27. The Morgan fingerprint density at radius 3 is 2.52 bits per heavy atom. The topological polar surface area (TPSA) is 105 Å². The lowest BCUT2D eigenvalue weighted by Gasteiger charge is -2.29. The molecule has 1 fully saturated rings. The second kappa shape index (κ2) is 9.19. The quantitative estimate of drug-likeness (QED) is 0.553. The van der Waals surface area contributed by atoms with Gasteiger partial charge in [-0.2, -0.15) is 13.9 Å². The van der Waals surface area contributed by atoms with E-state index in [9.17, 15) is 13.6 Å². The summed E-state index contributed by atoms with van der Waals surface area (Å²) in [7, 11) is 0. The molecule has 3 aromatic rings. The Morgan fingerprint density at radius 1 is 1.10 bits per heavy atom. The highest BCUT2D eigenvalue weighted by molar-refractivity contribution is 5.65. The summed E-state index contributed by atoms with van der Waals surface area (Å²) in [6, 6.07) is 11.4. The molecule has 1 aliphatic rings. The van der Waals surface area contributed by atoms with Crippen LogP contribution in [0.1, 0.15) is 5.82 Å². The molecule has 0 atom stereocenters. The van der Waals surface area contributed by atoms with Crippen molar-refractivity contribution in [3.05, 3.63) is 70.6 Å². The summed E-state index contributed by atoms with van der Waals surface area (Å²) in [5, 5.41) is 9.56. The van der Waals surface area contributed by atoms with Crippen molar-refractivity contribution in [1.29, 1.82) is 0 Å². The minimum absolute atomic E-state index is 0.157. The average Bonchev–Trinajstić information content (AvgIpc) is 3.18. The van der Waals surface area contributed by atoms with Gasteiger partial charge in [0, 0.05) is 62.2 Å². The molecule has 8 nitrogen and oxygen atoms in total. The molecule has 0 unspecified atom stereocenters. The van der Waals surface area contributed by atoms with Crippen molar-refractivity contribution in [3.8, 4) is 16.9 Å². The van der Waals surface area contributed by atoms with Gasteiger partial charge >= 0.3 is 5.69 Å². The Balaban J connectivity index is 1.63. The van der Waals surface area contributed by atoms with E-state index in [1.807, 2.05) is 24.3 Å². The van der Waals surface area contributed by atoms with Crippen molar-refractivity contribution >= 4 is 5.69 Å². The molecule has 162 valence electrons. The first-order valence-corrected chi connectivity index (χ1v) is 9.98. The molecule has 4 rings (SSSR count). The summed E-state index contributed by atoms with van der Waals surface area (Å²) >= 11 is 0. The maximum atomic E-state index is 13.0. The van der Waals surface area contributed by atoms with Crippen LogP contribution in [0.25, 0.3) is 16.9 Å². The molecule has 0 radical (unpaired) electrons. The maximum absolute atomic E-state index is 13.0. The second-order valence-corrected chi connectivity index (χ2v) is 7.21. The number of hydrogen-bond donors (Lipinski definition) is 3. The Kier molecular flexibility index (Phi) is 6.19. The lowest BCUT2D eigenvalue weighted by molar-refractivity contribution is 0.407. The zero-order valence-corrected chi connectivity index (χ0v) is 16.8. The highest BCUT2D eigenvalue weighted by Gasteiger charge is 2.16. The molecule has 0 aliphatic carbocycles. The van der Waals surface area contributed by atoms with Crippen LogP contribution >= 0.6 is 0 Å². The monoisotopic (exact) mass is 427 g/mol. The summed E-state index contributed by atoms with van der Waals surface area (Å²) in [5.74, 6) is 0.157. The van der Waals surface area contributed by atoms with Crippen molar-refractivity contribution in [2.24, 2.45) is 5.73 Å². The van der Waals surface area contributed by atoms with Crippen molar-refractivity contribution in [2.45, 2.75) is 6.42 Å². The smallest absolute Gasteiger partial charge is 0.347 e. The second-order valence-electron chi connectivity index (χ2n) is 7.21. The van der Waals surface area contributed by atoms with Gasteiger partial charge in [0.15, 0.2) is 0 Å². The van der Waals surface area contributed by atoms with Crippen molar-refractivity contribution in [2.75, 3.05) is 37.6 Å². The largest absolute Gasteiger partial charge is 0.369 e. The lowest BCUT2D eigenvalue weighted by atomic mass is 10.1. The van der Waals surface area contributed by atoms with Gasteiger partial charge in [0.05, 0.1) is 11.4 Å². The fourth-order valence-corrected chi connectivity index (χ4v) is 3.60. The fourth-order valence-electron chi connectivity index (χ4n) is 3.60. The fraction of sp³-hybridized carbons (Fsp3) is 0.286. The molecule has 0 bridgehead atoms. The van der Waals surface area contributed by atoms with E-state index in [0.717, 1.165) is 37.4 Å². The van der Waals surface area contributed by atoms with Crippen molar-refractivity contribution in [1.82, 2.24) is 25.1 Å². The molecular formula is C21H23F2N7O. The van der Waals surface area contributed by atoms with E-state index in [1.165, 1.54) is 4.57 Å². The highest BCUT2D eigenvalue weighted by atomic mass is 19.3. The van der Waals surface area contributed by atoms with Gasteiger partial charge in [-0.25, -0.2) is 14.5 Å². The molecule has 2 aromatic heterocycles. The standard InChI is InChI=1S/C21H23F2N7O/c22-20(23)15(13-24)11-19-27-28-21(31)30(19)17-5-6-26-18(12-17)14-1-3-16(4-2-14)29-9-7-25-8-10-29/h1-6,12,25H,7-11,13,24H2,(H,28,31). The average molecular weight is 427 g/mol. The van der Waals surface area contributed by atoms with E-state index in [0.29, 0.717) is 11.4 Å². The SMILES string of the molecule is NCC(Cc1n[nH]c(=O)n1-c1ccnc(-c2ccc(N3CCNCC3)cc2)c1)=C(F)F. The zero-order chi connectivity index (χ0) is 21.8. The van der Waals surface area contributed by atoms with Gasteiger partial charge < -0.3 is 16.0 Å². The van der Waals surface area contributed by atoms with Crippen LogP contribution in [-0.4, -0.2) is 52.5 Å². The number of aromatic amines is 1. The van der Waals surface area contributed by atoms with Gasteiger partial charge in [-0.05, 0) is 24.3 Å². The molecule has 1 aromatic carbocycles. The number of aromatic nitrogens is 4. The molecule has 10 heteroatoms. The van der Waals surface area contributed by atoms with Crippen LogP contribution in [0.3, 0.4) is 0 Å². The molecular weight excluding hydrogens is 404 g/mol. The van der Waals surface area contributed by atoms with Gasteiger partial charge in [-0.3, -0.25) is 4.98 Å². The Bertz CT molecular complexity index is 1130. The lowest BCUT2D eigenvalue weighted by Crippen LogP contribution is -2.43. The Hall–Kier alpha value is -3.37. The van der Waals surface area contributed by atoms with Gasteiger partial charge in [0.2, 0.25) is 0 Å². The van der Waals surface area contributed by atoms with Crippen LogP contribution in [0.2, 0.25) is 0 Å². The number of nitrogens with zero attached hydrogens (tertiary/aromatic N) is 4. The molecule has 1 aliphatic heterocycles. The van der Waals surface area contributed by atoms with Crippen molar-refractivity contribution < 1.29 is 8.78 Å². The van der Waals surface area contributed by atoms with Crippen LogP contribution < -0.4 is 21.6 Å². The number of anilines is 1. The minimum atomic E-state index is -1.86. The number of nitrogens with two attached hydrogens (primary N) is 1. The van der Waals surface area contributed by atoms with E-state index < -0.39 is 11.8 Å². The third kappa shape index (κ3) is 4.54. The predicted molar refractivity (Wildman–Crippen MR) is 114 cm³/mol. The van der Waals surface area contributed by atoms with Crippen LogP contribution in [0.4, 0.5) is 14.5 Å². The summed E-state index contributed by atoms with van der Waals surface area (Å²) in [4.78, 5) is 19.0. The first-order chi connectivity index (χ1) is 15.1. The summed E-state index contributed by atoms with van der Waals surface area (Å²) in [6.45, 7) is 3.52. The molecule has 0 saturated carbocycles. The van der Waals surface area contributed by atoms with E-state index in [-0.39, 0.29) is 24.4 Å². The van der Waals surface area contributed by atoms with Crippen LogP contribution in [0.5, 0.6) is 0 Å². The normalized spacial score (nSPS) is 14.0. The van der Waals surface area contributed by atoms with Gasteiger partial charge in [-0.15, -0.1) is 0 Å². The summed E-state index contributed by atoms with van der Waals surface area (Å²) < 4.78 is 27.3. The summed E-state index contributed by atoms with van der Waals surface area (Å²) in [5.41, 5.74) is 7.80. The number of rotatable bonds is 6. The molecule has 3 heterocycles. The number of halogens is 2. The molecule has 31 heavy (non-hydrogen) atoms. The molecule has 4 N–H and O–H groups in total. The number of piperazine rings is 1. The van der Waals surface area contributed by atoms with Crippen LogP contribution in [0.15, 0.2) is 59.0 Å². The Morgan fingerprint density at radius 2 is 1.84 bits per heavy atom. The number of benzene rings is 1. The number of nitrogens with one attached hydrogen (secondary N) is 2. The molecule has 0 amide bonds. The van der Waals surface area contributed by atoms with Gasteiger partial charge in [-0.1, -0.05) is 12.1 Å². The zero-order valence-electron chi connectivity index (χ0n) is 16.8. The van der Waals surface area contributed by atoms with Gasteiger partial charge in [0.1, 0.15) is 5.82 Å². The first-order valence-electron chi connectivity index (χ1n) is 9.98. The number of H-pyrrole nitrogens is 1.